The standard InChI is InChI=1S/C15H24O4/c1-4-5-6-7-8-9-15(3)13(14(17)18)11(2)10-12(16)19-15/h10,13H,4-9H2,1-3H3,(H,17,18). The predicted molar refractivity (Wildman–Crippen MR) is 72.8 cm³/mol. The van der Waals surface area contributed by atoms with Crippen LogP contribution in [-0.4, -0.2) is 22.6 Å². The highest BCUT2D eigenvalue weighted by molar-refractivity contribution is 5.88. The molecule has 19 heavy (non-hydrogen) atoms. The molecule has 2 atom stereocenters. The molecule has 2 unspecified atom stereocenters. The molecule has 0 aromatic heterocycles. The lowest BCUT2D eigenvalue weighted by Crippen LogP contribution is -2.47. The Hall–Kier alpha value is -1.32. The molecule has 0 spiro atoms. The van der Waals surface area contributed by atoms with Crippen LogP contribution in [0.25, 0.3) is 0 Å². The number of esters is 1. The molecule has 4 nitrogen and oxygen atoms in total. The summed E-state index contributed by atoms with van der Waals surface area (Å²) in [4.78, 5) is 22.9. The van der Waals surface area contributed by atoms with E-state index in [0.29, 0.717) is 12.0 Å². The lowest BCUT2D eigenvalue weighted by molar-refractivity contribution is -0.168. The number of cyclic esters (lactones) is 1. The van der Waals surface area contributed by atoms with Gasteiger partial charge in [-0.25, -0.2) is 4.79 Å². The van der Waals surface area contributed by atoms with Gasteiger partial charge in [-0.3, -0.25) is 4.79 Å². The molecule has 0 radical (unpaired) electrons. The van der Waals surface area contributed by atoms with Crippen molar-refractivity contribution < 1.29 is 19.4 Å². The minimum atomic E-state index is -0.919. The molecule has 0 fully saturated rings. The fourth-order valence-corrected chi connectivity index (χ4v) is 2.80. The molecule has 0 aliphatic carbocycles. The number of carboxylic acid groups (broad SMARTS) is 1. The van der Waals surface area contributed by atoms with Crippen LogP contribution in [0.1, 0.15) is 59.3 Å². The van der Waals surface area contributed by atoms with Crippen molar-refractivity contribution in [1.29, 1.82) is 0 Å². The van der Waals surface area contributed by atoms with E-state index in [0.717, 1.165) is 19.3 Å². The van der Waals surface area contributed by atoms with Crippen molar-refractivity contribution in [1.82, 2.24) is 0 Å². The third kappa shape index (κ3) is 4.08. The Kier molecular flexibility index (Phi) is 5.58. The first kappa shape index (κ1) is 15.7. The van der Waals surface area contributed by atoms with Crippen molar-refractivity contribution in [3.05, 3.63) is 11.6 Å². The first-order chi connectivity index (χ1) is 8.90. The predicted octanol–water partition coefficient (Wildman–Crippen LogP) is 3.31. The van der Waals surface area contributed by atoms with Crippen molar-refractivity contribution >= 4 is 11.9 Å². The fourth-order valence-electron chi connectivity index (χ4n) is 2.80. The summed E-state index contributed by atoms with van der Waals surface area (Å²) in [5, 5.41) is 9.34. The van der Waals surface area contributed by atoms with Gasteiger partial charge in [0.1, 0.15) is 11.5 Å². The van der Waals surface area contributed by atoms with Crippen LogP contribution in [0.15, 0.2) is 11.6 Å². The highest BCUT2D eigenvalue weighted by Gasteiger charge is 2.45. The second-order valence-electron chi connectivity index (χ2n) is 5.56. The maximum Gasteiger partial charge on any atom is 0.331 e. The van der Waals surface area contributed by atoms with Gasteiger partial charge in [0, 0.05) is 6.08 Å². The van der Waals surface area contributed by atoms with Crippen LogP contribution in [0, 0.1) is 5.92 Å². The van der Waals surface area contributed by atoms with Gasteiger partial charge in [0.2, 0.25) is 0 Å². The number of carbonyl (C=O) groups excluding carboxylic acids is 1. The quantitative estimate of drug-likeness (QED) is 0.568. The molecule has 4 heteroatoms. The van der Waals surface area contributed by atoms with Crippen LogP contribution in [-0.2, 0) is 14.3 Å². The topological polar surface area (TPSA) is 63.6 Å². The summed E-state index contributed by atoms with van der Waals surface area (Å²) in [5.41, 5.74) is -0.326. The van der Waals surface area contributed by atoms with Gasteiger partial charge in [-0.2, -0.15) is 0 Å². The molecule has 1 aliphatic rings. The molecular weight excluding hydrogens is 244 g/mol. The van der Waals surface area contributed by atoms with Crippen molar-refractivity contribution in [2.45, 2.75) is 64.9 Å². The van der Waals surface area contributed by atoms with Crippen molar-refractivity contribution in [3.63, 3.8) is 0 Å². The van der Waals surface area contributed by atoms with Crippen LogP contribution < -0.4 is 0 Å². The van der Waals surface area contributed by atoms with E-state index in [-0.39, 0.29) is 0 Å². The normalized spacial score (nSPS) is 26.8. The van der Waals surface area contributed by atoms with Gasteiger partial charge in [-0.05, 0) is 32.3 Å². The summed E-state index contributed by atoms with van der Waals surface area (Å²) >= 11 is 0. The van der Waals surface area contributed by atoms with Gasteiger partial charge in [0.05, 0.1) is 0 Å². The molecular formula is C15H24O4. The summed E-state index contributed by atoms with van der Waals surface area (Å²) in [6.07, 6.45) is 7.34. The smallest absolute Gasteiger partial charge is 0.331 e. The molecule has 0 bridgehead atoms. The minimum absolute atomic E-state index is 0.425. The van der Waals surface area contributed by atoms with Gasteiger partial charge in [-0.15, -0.1) is 0 Å². The van der Waals surface area contributed by atoms with Gasteiger partial charge >= 0.3 is 11.9 Å². The van der Waals surface area contributed by atoms with E-state index in [1.165, 1.54) is 18.9 Å². The fraction of sp³-hybridized carbons (Fsp3) is 0.733. The Balaban J connectivity index is 2.68. The van der Waals surface area contributed by atoms with E-state index in [1.807, 2.05) is 0 Å². The average molecular weight is 268 g/mol. The maximum absolute atomic E-state index is 11.5. The summed E-state index contributed by atoms with van der Waals surface area (Å²) < 4.78 is 5.33. The molecule has 1 rings (SSSR count). The van der Waals surface area contributed by atoms with Crippen molar-refractivity contribution in [3.8, 4) is 0 Å². The number of carboxylic acids is 1. The van der Waals surface area contributed by atoms with Crippen molar-refractivity contribution in [2.24, 2.45) is 5.92 Å². The highest BCUT2D eigenvalue weighted by Crippen LogP contribution is 2.36. The van der Waals surface area contributed by atoms with E-state index in [1.54, 1.807) is 13.8 Å². The Morgan fingerprint density at radius 3 is 2.58 bits per heavy atom. The molecule has 1 heterocycles. The zero-order chi connectivity index (χ0) is 14.5. The van der Waals surface area contributed by atoms with Crippen LogP contribution in [0.3, 0.4) is 0 Å². The second kappa shape index (κ2) is 6.73. The van der Waals surface area contributed by atoms with Crippen molar-refractivity contribution in [2.75, 3.05) is 0 Å². The molecule has 0 saturated carbocycles. The zero-order valence-corrected chi connectivity index (χ0v) is 12.1. The summed E-state index contributed by atoms with van der Waals surface area (Å²) in [6.45, 7) is 5.58. The Bertz CT molecular complexity index is 372. The third-order valence-corrected chi connectivity index (χ3v) is 3.77. The van der Waals surface area contributed by atoms with Crippen LogP contribution in [0.2, 0.25) is 0 Å². The number of unbranched alkanes of at least 4 members (excludes halogenated alkanes) is 4. The maximum atomic E-state index is 11.5. The Labute approximate surface area is 114 Å². The lowest BCUT2D eigenvalue weighted by atomic mass is 9.78. The monoisotopic (exact) mass is 268 g/mol. The van der Waals surface area contributed by atoms with Gasteiger partial charge in [-0.1, -0.05) is 32.6 Å². The van der Waals surface area contributed by atoms with E-state index in [2.05, 4.69) is 6.92 Å². The highest BCUT2D eigenvalue weighted by atomic mass is 16.6. The van der Waals surface area contributed by atoms with Gasteiger partial charge in [0.25, 0.3) is 0 Å². The van der Waals surface area contributed by atoms with Crippen LogP contribution in [0.5, 0.6) is 0 Å². The number of aliphatic carboxylic acids is 1. The average Bonchev–Trinajstić information content (AvgIpc) is 2.26. The minimum Gasteiger partial charge on any atom is -0.481 e. The Morgan fingerprint density at radius 1 is 1.37 bits per heavy atom. The third-order valence-electron chi connectivity index (χ3n) is 3.77. The Morgan fingerprint density at radius 2 is 2.00 bits per heavy atom. The first-order valence-electron chi connectivity index (χ1n) is 7.04. The molecule has 1 N–H and O–H groups in total. The van der Waals surface area contributed by atoms with E-state index >= 15 is 0 Å². The second-order valence-corrected chi connectivity index (χ2v) is 5.56. The van der Waals surface area contributed by atoms with Crippen LogP contribution in [0.4, 0.5) is 0 Å². The number of hydrogen-bond donors (Lipinski definition) is 1. The summed E-state index contributed by atoms with van der Waals surface area (Å²) in [5.74, 6) is -2.07. The summed E-state index contributed by atoms with van der Waals surface area (Å²) in [7, 11) is 0. The molecule has 0 aromatic rings. The summed E-state index contributed by atoms with van der Waals surface area (Å²) in [6, 6.07) is 0. The number of hydrogen-bond acceptors (Lipinski definition) is 3. The van der Waals surface area contributed by atoms with Gasteiger partial charge in [0.15, 0.2) is 0 Å². The molecule has 0 amide bonds. The van der Waals surface area contributed by atoms with E-state index in [9.17, 15) is 14.7 Å². The number of rotatable bonds is 7. The number of ether oxygens (including phenoxy) is 1. The lowest BCUT2D eigenvalue weighted by Gasteiger charge is -2.38. The largest absolute Gasteiger partial charge is 0.481 e. The number of carbonyl (C=O) groups is 2. The molecule has 1 aliphatic heterocycles. The SMILES string of the molecule is CCCCCCCC1(C)OC(=O)C=C(C)C1C(=O)O. The molecule has 108 valence electrons. The van der Waals surface area contributed by atoms with E-state index in [4.69, 9.17) is 4.74 Å². The zero-order valence-electron chi connectivity index (χ0n) is 12.1. The van der Waals surface area contributed by atoms with E-state index < -0.39 is 23.5 Å². The molecule has 0 aromatic carbocycles. The first-order valence-corrected chi connectivity index (χ1v) is 7.04. The van der Waals surface area contributed by atoms with Crippen LogP contribution >= 0.6 is 0 Å². The molecule has 0 saturated heterocycles. The van der Waals surface area contributed by atoms with Gasteiger partial charge < -0.3 is 9.84 Å².